The lowest BCUT2D eigenvalue weighted by molar-refractivity contribution is 0.109. The Morgan fingerprint density at radius 1 is 1.06 bits per heavy atom. The molecule has 0 spiro atoms. The van der Waals surface area contributed by atoms with E-state index in [-0.39, 0.29) is 6.04 Å². The van der Waals surface area contributed by atoms with Gasteiger partial charge in [-0.15, -0.1) is 0 Å². The summed E-state index contributed by atoms with van der Waals surface area (Å²) in [6.45, 7) is 12.3. The predicted octanol–water partition coefficient (Wildman–Crippen LogP) is 3.48. The van der Waals surface area contributed by atoms with E-state index >= 15 is 0 Å². The summed E-state index contributed by atoms with van der Waals surface area (Å²) >= 11 is 0. The zero-order valence-corrected chi connectivity index (χ0v) is 19.5. The van der Waals surface area contributed by atoms with Gasteiger partial charge in [0.15, 0.2) is 5.82 Å². The van der Waals surface area contributed by atoms with Crippen LogP contribution >= 0.6 is 0 Å². The Morgan fingerprint density at radius 2 is 1.88 bits per heavy atom. The number of nitrogens with zero attached hydrogens (tertiary/aromatic N) is 7. The van der Waals surface area contributed by atoms with Gasteiger partial charge in [0.25, 0.3) is 0 Å². The van der Waals surface area contributed by atoms with Crippen LogP contribution in [0.3, 0.4) is 0 Å². The summed E-state index contributed by atoms with van der Waals surface area (Å²) in [6, 6.07) is 7.29. The molecule has 8 heteroatoms. The first-order valence-electron chi connectivity index (χ1n) is 11.7. The first-order valence-corrected chi connectivity index (χ1v) is 11.7. The molecule has 1 atom stereocenters. The van der Waals surface area contributed by atoms with E-state index in [2.05, 4.69) is 76.7 Å². The van der Waals surface area contributed by atoms with Gasteiger partial charge in [0, 0.05) is 44.5 Å². The summed E-state index contributed by atoms with van der Waals surface area (Å²) in [5, 5.41) is 4.39. The highest BCUT2D eigenvalue weighted by Gasteiger charge is 2.26. The normalized spacial score (nSPS) is 18.2. The van der Waals surface area contributed by atoms with Crippen LogP contribution in [-0.2, 0) is 6.54 Å². The fraction of sp³-hybridized carbons (Fsp3) is 0.542. The Labute approximate surface area is 189 Å². The summed E-state index contributed by atoms with van der Waals surface area (Å²) in [7, 11) is 2.20. The highest BCUT2D eigenvalue weighted by Crippen LogP contribution is 2.37. The summed E-state index contributed by atoms with van der Waals surface area (Å²) in [6.07, 6.45) is 4.78. The molecule has 0 radical (unpaired) electrons. The minimum absolute atomic E-state index is 0.227. The van der Waals surface area contributed by atoms with Crippen molar-refractivity contribution < 1.29 is 4.74 Å². The summed E-state index contributed by atoms with van der Waals surface area (Å²) in [5.74, 6) is 2.66. The third-order valence-corrected chi connectivity index (χ3v) is 6.65. The maximum Gasteiger partial charge on any atom is 0.178 e. The molecule has 8 nitrogen and oxygen atoms in total. The highest BCUT2D eigenvalue weighted by atomic mass is 16.5. The Morgan fingerprint density at radius 3 is 2.62 bits per heavy atom. The number of fused-ring (bicyclic) bond motifs is 3. The molecule has 170 valence electrons. The summed E-state index contributed by atoms with van der Waals surface area (Å²) in [5.41, 5.74) is 3.26. The molecular formula is C24H33N7O. The standard InChI is InChI=1S/C24H33N7O/c1-5-21(29-10-8-28(4)9-11-29)18-6-7-22-19(14-18)23-27-20(15-30(23)12-13-32-22)24-25-16-26-31(24)17(2)3/h6-7,14-17,21H,5,8-13H2,1-4H3/t21-/m0/s1. The smallest absolute Gasteiger partial charge is 0.178 e. The zero-order chi connectivity index (χ0) is 22.2. The second-order valence-electron chi connectivity index (χ2n) is 9.13. The van der Waals surface area contributed by atoms with Gasteiger partial charge in [-0.1, -0.05) is 13.0 Å². The first kappa shape index (κ1) is 21.2. The number of benzene rings is 1. The zero-order valence-electron chi connectivity index (χ0n) is 19.5. The largest absolute Gasteiger partial charge is 0.491 e. The van der Waals surface area contributed by atoms with E-state index in [1.165, 1.54) is 5.56 Å². The molecule has 4 heterocycles. The summed E-state index contributed by atoms with van der Waals surface area (Å²) in [4.78, 5) is 14.5. The van der Waals surface area contributed by atoms with E-state index in [1.807, 2.05) is 4.68 Å². The lowest BCUT2D eigenvalue weighted by Crippen LogP contribution is -2.45. The lowest BCUT2D eigenvalue weighted by Gasteiger charge is -2.38. The number of ether oxygens (including phenoxy) is 1. The van der Waals surface area contributed by atoms with Crippen molar-refractivity contribution in [3.05, 3.63) is 36.3 Å². The fourth-order valence-electron chi connectivity index (χ4n) is 4.87. The number of hydrogen-bond donors (Lipinski definition) is 0. The monoisotopic (exact) mass is 435 g/mol. The molecule has 1 aromatic carbocycles. The van der Waals surface area contributed by atoms with Crippen LogP contribution < -0.4 is 4.74 Å². The molecule has 3 aromatic rings. The second-order valence-corrected chi connectivity index (χ2v) is 9.13. The van der Waals surface area contributed by atoms with Crippen LogP contribution in [0.1, 0.15) is 44.8 Å². The van der Waals surface area contributed by atoms with Crippen LogP contribution in [0.15, 0.2) is 30.7 Å². The molecule has 5 rings (SSSR count). The van der Waals surface area contributed by atoms with Crippen LogP contribution in [-0.4, -0.2) is 73.9 Å². The lowest BCUT2D eigenvalue weighted by atomic mass is 9.98. The van der Waals surface area contributed by atoms with E-state index < -0.39 is 0 Å². The number of hydrogen-bond acceptors (Lipinski definition) is 6. The number of likely N-dealkylation sites (N-methyl/N-ethyl adjacent to an activating group) is 1. The maximum absolute atomic E-state index is 6.10. The topological polar surface area (TPSA) is 64.2 Å². The van der Waals surface area contributed by atoms with Gasteiger partial charge in [-0.05, 0) is 45.0 Å². The van der Waals surface area contributed by atoms with Crippen molar-refractivity contribution >= 4 is 0 Å². The summed E-state index contributed by atoms with van der Waals surface area (Å²) < 4.78 is 10.2. The third-order valence-electron chi connectivity index (χ3n) is 6.65. The van der Waals surface area contributed by atoms with Crippen LogP contribution in [0, 0.1) is 0 Å². The van der Waals surface area contributed by atoms with E-state index in [9.17, 15) is 0 Å². The van der Waals surface area contributed by atoms with Crippen molar-refractivity contribution in [1.82, 2.24) is 34.1 Å². The number of rotatable bonds is 5. The quantitative estimate of drug-likeness (QED) is 0.611. The molecule has 2 aromatic heterocycles. The Balaban J connectivity index is 1.53. The van der Waals surface area contributed by atoms with Crippen molar-refractivity contribution in [3.63, 3.8) is 0 Å². The Kier molecular flexibility index (Phi) is 5.73. The molecule has 32 heavy (non-hydrogen) atoms. The van der Waals surface area contributed by atoms with E-state index in [0.717, 1.165) is 67.8 Å². The van der Waals surface area contributed by atoms with Crippen molar-refractivity contribution in [2.24, 2.45) is 0 Å². The van der Waals surface area contributed by atoms with Gasteiger partial charge in [-0.3, -0.25) is 4.90 Å². The van der Waals surface area contributed by atoms with E-state index in [4.69, 9.17) is 9.72 Å². The molecular weight excluding hydrogens is 402 g/mol. The molecule has 2 aliphatic heterocycles. The molecule has 0 bridgehead atoms. The number of imidazole rings is 1. The van der Waals surface area contributed by atoms with Gasteiger partial charge >= 0.3 is 0 Å². The van der Waals surface area contributed by atoms with Gasteiger partial charge in [-0.25, -0.2) is 14.6 Å². The van der Waals surface area contributed by atoms with Crippen molar-refractivity contribution in [3.8, 4) is 28.7 Å². The molecule has 0 amide bonds. The van der Waals surface area contributed by atoms with Crippen molar-refractivity contribution in [2.45, 2.75) is 45.8 Å². The maximum atomic E-state index is 6.10. The minimum atomic E-state index is 0.227. The fourth-order valence-corrected chi connectivity index (χ4v) is 4.87. The number of aromatic nitrogens is 5. The van der Waals surface area contributed by atoms with Crippen LogP contribution in [0.25, 0.3) is 22.9 Å². The third kappa shape index (κ3) is 3.82. The van der Waals surface area contributed by atoms with Gasteiger partial charge in [0.1, 0.15) is 30.2 Å². The average molecular weight is 436 g/mol. The van der Waals surface area contributed by atoms with Crippen LogP contribution in [0.5, 0.6) is 5.75 Å². The van der Waals surface area contributed by atoms with Crippen molar-refractivity contribution in [2.75, 3.05) is 39.8 Å². The van der Waals surface area contributed by atoms with Gasteiger partial charge in [0.2, 0.25) is 0 Å². The molecule has 0 saturated carbocycles. The molecule has 2 aliphatic rings. The molecule has 0 unspecified atom stereocenters. The minimum Gasteiger partial charge on any atom is -0.491 e. The van der Waals surface area contributed by atoms with Gasteiger partial charge in [-0.2, -0.15) is 5.10 Å². The molecule has 1 fully saturated rings. The van der Waals surface area contributed by atoms with E-state index in [0.29, 0.717) is 12.6 Å². The molecule has 1 saturated heterocycles. The molecule has 0 N–H and O–H groups in total. The number of piperazine rings is 1. The van der Waals surface area contributed by atoms with Gasteiger partial charge < -0.3 is 14.2 Å². The SMILES string of the molecule is CC[C@@H](c1ccc2c(c1)-c1nc(-c3ncnn3C(C)C)cn1CCO2)N1CCN(C)CC1. The van der Waals surface area contributed by atoms with Gasteiger partial charge in [0.05, 0.1) is 12.1 Å². The predicted molar refractivity (Wildman–Crippen MR) is 125 cm³/mol. The average Bonchev–Trinajstić information content (AvgIpc) is 3.40. The van der Waals surface area contributed by atoms with Crippen molar-refractivity contribution in [1.29, 1.82) is 0 Å². The second kappa shape index (κ2) is 8.67. The Hall–Kier alpha value is -2.71. The first-order chi connectivity index (χ1) is 15.5. The van der Waals surface area contributed by atoms with E-state index in [1.54, 1.807) is 6.33 Å². The highest BCUT2D eigenvalue weighted by molar-refractivity contribution is 5.69. The molecule has 0 aliphatic carbocycles. The van der Waals surface area contributed by atoms with Crippen LogP contribution in [0.4, 0.5) is 0 Å². The Bertz CT molecular complexity index is 1080. The van der Waals surface area contributed by atoms with Crippen LogP contribution in [0.2, 0.25) is 0 Å².